The fourth-order valence-corrected chi connectivity index (χ4v) is 2.65. The first-order chi connectivity index (χ1) is 9.69. The molecule has 0 radical (unpaired) electrons. The van der Waals surface area contributed by atoms with Crippen molar-refractivity contribution >= 4 is 11.8 Å². The molecule has 0 unspecified atom stereocenters. The molecule has 0 amide bonds. The predicted molar refractivity (Wildman–Crippen MR) is 79.9 cm³/mol. The van der Waals surface area contributed by atoms with Gasteiger partial charge < -0.3 is 10.1 Å². The zero-order valence-electron chi connectivity index (χ0n) is 12.1. The molecule has 0 aromatic carbocycles. The van der Waals surface area contributed by atoms with Gasteiger partial charge in [-0.25, -0.2) is 4.98 Å². The van der Waals surface area contributed by atoms with Crippen LogP contribution in [0, 0.1) is 6.92 Å². The summed E-state index contributed by atoms with van der Waals surface area (Å²) in [4.78, 5) is 5.64. The van der Waals surface area contributed by atoms with E-state index in [-0.39, 0.29) is 0 Å². The fourth-order valence-electron chi connectivity index (χ4n) is 1.79. The highest BCUT2D eigenvalue weighted by Crippen LogP contribution is 2.28. The van der Waals surface area contributed by atoms with E-state index in [0.29, 0.717) is 0 Å². The third-order valence-electron chi connectivity index (χ3n) is 2.79. The van der Waals surface area contributed by atoms with Crippen LogP contribution in [0.15, 0.2) is 34.6 Å². The molecule has 2 aromatic heterocycles. The van der Waals surface area contributed by atoms with Crippen molar-refractivity contribution in [2.24, 2.45) is 7.05 Å². The van der Waals surface area contributed by atoms with E-state index in [1.165, 1.54) is 11.1 Å². The van der Waals surface area contributed by atoms with Gasteiger partial charge in [0.2, 0.25) is 0 Å². The van der Waals surface area contributed by atoms with Crippen LogP contribution in [-0.2, 0) is 18.3 Å². The minimum absolute atomic E-state index is 0.724. The zero-order valence-corrected chi connectivity index (χ0v) is 12.9. The van der Waals surface area contributed by atoms with Gasteiger partial charge in [0.25, 0.3) is 0 Å². The van der Waals surface area contributed by atoms with Crippen LogP contribution < -0.4 is 5.32 Å². The number of hydrogen-bond donors (Lipinski definition) is 1. The summed E-state index contributed by atoms with van der Waals surface area (Å²) < 4.78 is 6.80. The number of nitrogens with zero attached hydrogens (tertiary/aromatic N) is 3. The Hall–Kier alpha value is -1.37. The van der Waals surface area contributed by atoms with Crippen LogP contribution in [-0.4, -0.2) is 35.0 Å². The van der Waals surface area contributed by atoms with Crippen molar-refractivity contribution < 1.29 is 4.74 Å². The molecule has 0 bridgehead atoms. The molecule has 5 nitrogen and oxygen atoms in total. The number of nitrogens with one attached hydrogen (secondary N) is 1. The maximum absolute atomic E-state index is 5.00. The van der Waals surface area contributed by atoms with E-state index in [2.05, 4.69) is 28.4 Å². The molecule has 2 heterocycles. The zero-order chi connectivity index (χ0) is 14.4. The highest BCUT2D eigenvalue weighted by molar-refractivity contribution is 7.99. The maximum atomic E-state index is 5.00. The topological polar surface area (TPSA) is 52.0 Å². The number of rotatable bonds is 7. The van der Waals surface area contributed by atoms with Gasteiger partial charge in [0.05, 0.1) is 17.7 Å². The third kappa shape index (κ3) is 4.33. The van der Waals surface area contributed by atoms with Gasteiger partial charge in [0, 0.05) is 39.6 Å². The minimum Gasteiger partial charge on any atom is -0.383 e. The Balaban J connectivity index is 1.95. The molecule has 0 spiro atoms. The SMILES string of the molecule is COCCNCc1cnc(Sc2cnn(C)c2)c(C)c1. The fraction of sp³-hybridized carbons (Fsp3) is 0.429. The largest absolute Gasteiger partial charge is 0.383 e. The van der Waals surface area contributed by atoms with Gasteiger partial charge in [-0.15, -0.1) is 0 Å². The molecule has 1 N–H and O–H groups in total. The molecule has 0 aliphatic carbocycles. The summed E-state index contributed by atoms with van der Waals surface area (Å²) >= 11 is 1.64. The molecular formula is C14H20N4OS. The second-order valence-electron chi connectivity index (χ2n) is 4.59. The van der Waals surface area contributed by atoms with Gasteiger partial charge in [0.15, 0.2) is 0 Å². The van der Waals surface area contributed by atoms with Crippen LogP contribution in [0.3, 0.4) is 0 Å². The normalized spacial score (nSPS) is 10.9. The summed E-state index contributed by atoms with van der Waals surface area (Å²) in [5.41, 5.74) is 2.37. The van der Waals surface area contributed by atoms with E-state index >= 15 is 0 Å². The number of methoxy groups -OCH3 is 1. The highest BCUT2D eigenvalue weighted by atomic mass is 32.2. The van der Waals surface area contributed by atoms with Crippen LogP contribution in [0.2, 0.25) is 0 Å². The van der Waals surface area contributed by atoms with Crippen LogP contribution in [0.5, 0.6) is 0 Å². The third-order valence-corrected chi connectivity index (χ3v) is 3.86. The smallest absolute Gasteiger partial charge is 0.104 e. The van der Waals surface area contributed by atoms with Crippen molar-refractivity contribution in [3.05, 3.63) is 35.8 Å². The second-order valence-corrected chi connectivity index (χ2v) is 5.65. The Morgan fingerprint density at radius 1 is 1.40 bits per heavy atom. The Labute approximate surface area is 123 Å². The quantitative estimate of drug-likeness (QED) is 0.791. The summed E-state index contributed by atoms with van der Waals surface area (Å²) in [7, 11) is 3.62. The molecular weight excluding hydrogens is 272 g/mol. The van der Waals surface area contributed by atoms with Gasteiger partial charge in [-0.1, -0.05) is 17.8 Å². The van der Waals surface area contributed by atoms with Crippen LogP contribution in [0.25, 0.3) is 0 Å². The summed E-state index contributed by atoms with van der Waals surface area (Å²) in [6.07, 6.45) is 5.77. The molecule has 2 rings (SSSR count). The molecule has 6 heteroatoms. The van der Waals surface area contributed by atoms with Gasteiger partial charge in [-0.3, -0.25) is 4.68 Å². The molecule has 0 atom stereocenters. The predicted octanol–water partition coefficient (Wildman–Crippen LogP) is 2.01. The van der Waals surface area contributed by atoms with E-state index in [9.17, 15) is 0 Å². The number of hydrogen-bond acceptors (Lipinski definition) is 5. The number of ether oxygens (including phenoxy) is 1. The maximum Gasteiger partial charge on any atom is 0.104 e. The number of pyridine rings is 1. The van der Waals surface area contributed by atoms with Crippen LogP contribution in [0.4, 0.5) is 0 Å². The first-order valence-electron chi connectivity index (χ1n) is 6.50. The highest BCUT2D eigenvalue weighted by Gasteiger charge is 2.05. The van der Waals surface area contributed by atoms with Gasteiger partial charge in [-0.05, 0) is 18.1 Å². The van der Waals surface area contributed by atoms with Crippen molar-refractivity contribution in [1.82, 2.24) is 20.1 Å². The Bertz CT molecular complexity index is 556. The Kier molecular flexibility index (Phi) is 5.58. The first kappa shape index (κ1) is 15.0. The van der Waals surface area contributed by atoms with Crippen molar-refractivity contribution in [3.8, 4) is 0 Å². The van der Waals surface area contributed by atoms with Crippen LogP contribution >= 0.6 is 11.8 Å². The van der Waals surface area contributed by atoms with Gasteiger partial charge in [-0.2, -0.15) is 5.10 Å². The lowest BCUT2D eigenvalue weighted by Gasteiger charge is -2.07. The summed E-state index contributed by atoms with van der Waals surface area (Å²) in [6.45, 7) is 4.47. The van der Waals surface area contributed by atoms with Crippen molar-refractivity contribution in [3.63, 3.8) is 0 Å². The van der Waals surface area contributed by atoms with E-state index < -0.39 is 0 Å². The molecule has 20 heavy (non-hydrogen) atoms. The Morgan fingerprint density at radius 2 is 2.25 bits per heavy atom. The average molecular weight is 292 g/mol. The van der Waals surface area contributed by atoms with E-state index in [1.54, 1.807) is 23.6 Å². The van der Waals surface area contributed by atoms with Crippen molar-refractivity contribution in [2.45, 2.75) is 23.4 Å². The van der Waals surface area contributed by atoms with E-state index in [4.69, 9.17) is 4.74 Å². The molecule has 0 aliphatic heterocycles. The van der Waals surface area contributed by atoms with Gasteiger partial charge in [0.1, 0.15) is 5.03 Å². The lowest BCUT2D eigenvalue weighted by Crippen LogP contribution is -2.18. The number of aryl methyl sites for hydroxylation is 2. The minimum atomic E-state index is 0.724. The molecule has 2 aromatic rings. The molecule has 0 saturated heterocycles. The molecule has 0 saturated carbocycles. The molecule has 108 valence electrons. The second kappa shape index (κ2) is 7.42. The lowest BCUT2D eigenvalue weighted by molar-refractivity contribution is 0.199. The van der Waals surface area contributed by atoms with E-state index in [1.807, 2.05) is 25.6 Å². The Morgan fingerprint density at radius 3 is 2.90 bits per heavy atom. The summed E-state index contributed by atoms with van der Waals surface area (Å²) in [5, 5.41) is 8.51. The van der Waals surface area contributed by atoms with Crippen molar-refractivity contribution in [2.75, 3.05) is 20.3 Å². The summed E-state index contributed by atoms with van der Waals surface area (Å²) in [6, 6.07) is 2.17. The molecule has 0 aliphatic rings. The van der Waals surface area contributed by atoms with E-state index in [0.717, 1.165) is 29.6 Å². The summed E-state index contributed by atoms with van der Waals surface area (Å²) in [5.74, 6) is 0. The number of aromatic nitrogens is 3. The standard InChI is InChI=1S/C14H20N4OS/c1-11-6-12(7-15-4-5-19-3)8-16-14(11)20-13-9-17-18(2)10-13/h6,8-10,15H,4-5,7H2,1-3H3. The average Bonchev–Trinajstić information content (AvgIpc) is 2.83. The van der Waals surface area contributed by atoms with Gasteiger partial charge >= 0.3 is 0 Å². The van der Waals surface area contributed by atoms with Crippen molar-refractivity contribution in [1.29, 1.82) is 0 Å². The first-order valence-corrected chi connectivity index (χ1v) is 7.32. The molecule has 0 fully saturated rings. The monoisotopic (exact) mass is 292 g/mol. The van der Waals surface area contributed by atoms with Crippen LogP contribution in [0.1, 0.15) is 11.1 Å². The lowest BCUT2D eigenvalue weighted by atomic mass is 10.2.